The monoisotopic (exact) mass is 388 g/mol. The molecule has 0 fully saturated rings. The van der Waals surface area contributed by atoms with Crippen LogP contribution in [-0.2, 0) is 15.4 Å². The molecule has 1 atom stereocenters. The first kappa shape index (κ1) is 19.4. The quantitative estimate of drug-likeness (QED) is 0.825. The molecule has 1 aliphatic heterocycles. The predicted octanol–water partition coefficient (Wildman–Crippen LogP) is 2.76. The van der Waals surface area contributed by atoms with E-state index in [1.807, 2.05) is 19.1 Å². The number of rotatable bonds is 5. The van der Waals surface area contributed by atoms with Gasteiger partial charge in [0.05, 0.1) is 17.5 Å². The van der Waals surface area contributed by atoms with Gasteiger partial charge >= 0.3 is 0 Å². The molecule has 2 aromatic carbocycles. The van der Waals surface area contributed by atoms with Crippen molar-refractivity contribution in [3.05, 3.63) is 59.2 Å². The summed E-state index contributed by atoms with van der Waals surface area (Å²) in [5.74, 6) is 0.601. The Morgan fingerprint density at radius 1 is 1.19 bits per heavy atom. The van der Waals surface area contributed by atoms with Gasteiger partial charge in [-0.05, 0) is 49.9 Å². The van der Waals surface area contributed by atoms with Gasteiger partial charge in [-0.1, -0.05) is 26.0 Å². The maximum absolute atomic E-state index is 12.7. The van der Waals surface area contributed by atoms with Crippen molar-refractivity contribution in [2.24, 2.45) is 0 Å². The second-order valence-corrected chi connectivity index (χ2v) is 9.25. The first-order valence-electron chi connectivity index (χ1n) is 8.76. The molecular formula is C20H24N2O4S. The average Bonchev–Trinajstić information content (AvgIpc) is 2.96. The van der Waals surface area contributed by atoms with Gasteiger partial charge in [0.25, 0.3) is 5.91 Å². The van der Waals surface area contributed by atoms with Gasteiger partial charge in [-0.25, -0.2) is 13.1 Å². The fraction of sp³-hybridized carbons (Fsp3) is 0.350. The molecule has 2 aromatic rings. The van der Waals surface area contributed by atoms with Crippen molar-refractivity contribution in [2.45, 2.75) is 37.1 Å². The van der Waals surface area contributed by atoms with Crippen molar-refractivity contribution in [3.8, 4) is 5.75 Å². The highest BCUT2D eigenvalue weighted by Gasteiger charge is 2.32. The summed E-state index contributed by atoms with van der Waals surface area (Å²) in [4.78, 5) is 12.9. The molecule has 0 aliphatic carbocycles. The van der Waals surface area contributed by atoms with Gasteiger partial charge < -0.3 is 10.1 Å². The van der Waals surface area contributed by atoms with Crippen LogP contribution in [-0.4, -0.2) is 28.0 Å². The Morgan fingerprint density at radius 2 is 1.93 bits per heavy atom. The Kier molecular flexibility index (Phi) is 5.01. The van der Waals surface area contributed by atoms with Crippen molar-refractivity contribution in [3.63, 3.8) is 0 Å². The van der Waals surface area contributed by atoms with Crippen LogP contribution in [0.3, 0.4) is 0 Å². The topological polar surface area (TPSA) is 84.5 Å². The van der Waals surface area contributed by atoms with E-state index in [0.29, 0.717) is 17.7 Å². The van der Waals surface area contributed by atoms with Crippen molar-refractivity contribution in [2.75, 3.05) is 13.7 Å². The van der Waals surface area contributed by atoms with E-state index in [4.69, 9.17) is 4.74 Å². The summed E-state index contributed by atoms with van der Waals surface area (Å²) < 4.78 is 31.9. The van der Waals surface area contributed by atoms with Crippen LogP contribution in [0.1, 0.15) is 48.3 Å². The third-order valence-corrected chi connectivity index (χ3v) is 6.26. The SMILES string of the molecule is CNS(=O)(=O)c1cccc(C(C)NC(=O)c2ccc3c(c2)C(C)(C)CO3)c1. The molecule has 0 radical (unpaired) electrons. The lowest BCUT2D eigenvalue weighted by Gasteiger charge is -2.18. The van der Waals surface area contributed by atoms with Crippen LogP contribution in [0.25, 0.3) is 0 Å². The Labute approximate surface area is 160 Å². The lowest BCUT2D eigenvalue weighted by atomic mass is 9.86. The number of hydrogen-bond donors (Lipinski definition) is 2. The molecule has 27 heavy (non-hydrogen) atoms. The van der Waals surface area contributed by atoms with E-state index in [1.54, 1.807) is 24.3 Å². The molecule has 7 heteroatoms. The van der Waals surface area contributed by atoms with E-state index in [2.05, 4.69) is 23.9 Å². The molecular weight excluding hydrogens is 364 g/mol. The predicted molar refractivity (Wildman–Crippen MR) is 104 cm³/mol. The Morgan fingerprint density at radius 3 is 2.63 bits per heavy atom. The number of amides is 1. The molecule has 1 heterocycles. The average molecular weight is 388 g/mol. The van der Waals surface area contributed by atoms with Crippen LogP contribution < -0.4 is 14.8 Å². The van der Waals surface area contributed by atoms with E-state index in [9.17, 15) is 13.2 Å². The maximum atomic E-state index is 12.7. The second-order valence-electron chi connectivity index (χ2n) is 7.36. The zero-order valence-corrected chi connectivity index (χ0v) is 16.7. The molecule has 2 N–H and O–H groups in total. The summed E-state index contributed by atoms with van der Waals surface area (Å²) in [6.45, 7) is 6.58. The number of fused-ring (bicyclic) bond motifs is 1. The van der Waals surface area contributed by atoms with Crippen molar-refractivity contribution >= 4 is 15.9 Å². The molecule has 1 amide bonds. The van der Waals surface area contributed by atoms with Crippen LogP contribution in [0, 0.1) is 0 Å². The van der Waals surface area contributed by atoms with Gasteiger partial charge in [-0.2, -0.15) is 0 Å². The highest BCUT2D eigenvalue weighted by atomic mass is 32.2. The molecule has 3 rings (SSSR count). The van der Waals surface area contributed by atoms with Crippen molar-refractivity contribution in [1.29, 1.82) is 0 Å². The summed E-state index contributed by atoms with van der Waals surface area (Å²) in [5.41, 5.74) is 2.15. The number of nitrogens with one attached hydrogen (secondary N) is 2. The van der Waals surface area contributed by atoms with Gasteiger partial charge in [0.15, 0.2) is 0 Å². The first-order valence-corrected chi connectivity index (χ1v) is 10.2. The molecule has 144 valence electrons. The number of sulfonamides is 1. The molecule has 0 bridgehead atoms. The third kappa shape index (κ3) is 3.84. The van der Waals surface area contributed by atoms with Crippen LogP contribution >= 0.6 is 0 Å². The normalized spacial score (nSPS) is 16.3. The fourth-order valence-electron chi connectivity index (χ4n) is 3.09. The highest BCUT2D eigenvalue weighted by Crippen LogP contribution is 2.38. The van der Waals surface area contributed by atoms with Gasteiger partial charge in [0, 0.05) is 16.5 Å². The van der Waals surface area contributed by atoms with Crippen LogP contribution in [0.2, 0.25) is 0 Å². The minimum atomic E-state index is -3.53. The first-order chi connectivity index (χ1) is 12.6. The lowest BCUT2D eigenvalue weighted by molar-refractivity contribution is 0.0939. The van der Waals surface area contributed by atoms with Crippen LogP contribution in [0.5, 0.6) is 5.75 Å². The minimum Gasteiger partial charge on any atom is -0.492 e. The maximum Gasteiger partial charge on any atom is 0.251 e. The second kappa shape index (κ2) is 6.98. The van der Waals surface area contributed by atoms with E-state index in [1.165, 1.54) is 13.1 Å². The van der Waals surface area contributed by atoms with Gasteiger partial charge in [-0.3, -0.25) is 4.79 Å². The van der Waals surface area contributed by atoms with E-state index >= 15 is 0 Å². The Hall–Kier alpha value is -2.38. The molecule has 1 unspecified atom stereocenters. The molecule has 0 spiro atoms. The standard InChI is InChI=1S/C20H24N2O4S/c1-13(14-6-5-7-16(10-14)27(24,25)21-4)22-19(23)15-8-9-18-17(11-15)20(2,3)12-26-18/h5-11,13,21H,12H2,1-4H3,(H,22,23). The summed E-state index contributed by atoms with van der Waals surface area (Å²) in [6.07, 6.45) is 0. The highest BCUT2D eigenvalue weighted by molar-refractivity contribution is 7.89. The molecule has 1 aliphatic rings. The van der Waals surface area contributed by atoms with Crippen LogP contribution in [0.4, 0.5) is 0 Å². The van der Waals surface area contributed by atoms with Crippen LogP contribution in [0.15, 0.2) is 47.4 Å². The molecule has 6 nitrogen and oxygen atoms in total. The summed E-state index contributed by atoms with van der Waals surface area (Å²) in [6, 6.07) is 11.6. The Bertz CT molecular complexity index is 983. The molecule has 0 saturated carbocycles. The van der Waals surface area contributed by atoms with E-state index < -0.39 is 10.0 Å². The van der Waals surface area contributed by atoms with Gasteiger partial charge in [0.1, 0.15) is 5.75 Å². The number of carbonyl (C=O) groups is 1. The zero-order valence-electron chi connectivity index (χ0n) is 15.9. The molecule has 0 saturated heterocycles. The number of hydrogen-bond acceptors (Lipinski definition) is 4. The van der Waals surface area contributed by atoms with Crippen molar-refractivity contribution < 1.29 is 17.9 Å². The molecule has 0 aromatic heterocycles. The number of carbonyl (C=O) groups excluding carboxylic acids is 1. The third-order valence-electron chi connectivity index (χ3n) is 4.84. The summed E-state index contributed by atoms with van der Waals surface area (Å²) >= 11 is 0. The Balaban J connectivity index is 1.80. The summed E-state index contributed by atoms with van der Waals surface area (Å²) in [7, 11) is -2.16. The number of ether oxygens (including phenoxy) is 1. The van der Waals surface area contributed by atoms with Gasteiger partial charge in [0.2, 0.25) is 10.0 Å². The largest absolute Gasteiger partial charge is 0.492 e. The number of benzene rings is 2. The minimum absolute atomic E-state index is 0.132. The summed E-state index contributed by atoms with van der Waals surface area (Å²) in [5, 5.41) is 2.93. The fourth-order valence-corrected chi connectivity index (χ4v) is 3.88. The lowest BCUT2D eigenvalue weighted by Crippen LogP contribution is -2.27. The van der Waals surface area contributed by atoms with E-state index in [-0.39, 0.29) is 22.3 Å². The van der Waals surface area contributed by atoms with Gasteiger partial charge in [-0.15, -0.1) is 0 Å². The van der Waals surface area contributed by atoms with E-state index in [0.717, 1.165) is 11.3 Å². The zero-order chi connectivity index (χ0) is 19.8. The smallest absolute Gasteiger partial charge is 0.251 e. The van der Waals surface area contributed by atoms with Crippen molar-refractivity contribution in [1.82, 2.24) is 10.0 Å².